The summed E-state index contributed by atoms with van der Waals surface area (Å²) in [5, 5.41) is 3.62. The molecule has 0 bridgehead atoms. The molecule has 6 heteroatoms. The molecular formula is C11H13N3O2S. The second-order valence-electron chi connectivity index (χ2n) is 3.47. The number of pyridine rings is 1. The zero-order chi connectivity index (χ0) is 12.3. The predicted molar refractivity (Wildman–Crippen MR) is 68.2 cm³/mol. The number of nitrogen functional groups attached to an aromatic ring is 1. The van der Waals surface area contributed by atoms with Crippen molar-refractivity contribution in [3.05, 3.63) is 23.3 Å². The molecule has 0 aromatic carbocycles. The van der Waals surface area contributed by atoms with E-state index in [-0.39, 0.29) is 5.91 Å². The maximum Gasteiger partial charge on any atom is 0.263 e. The Morgan fingerprint density at radius 3 is 3.18 bits per heavy atom. The maximum absolute atomic E-state index is 11.9. The van der Waals surface area contributed by atoms with Crippen LogP contribution in [0.3, 0.4) is 0 Å². The summed E-state index contributed by atoms with van der Waals surface area (Å²) in [5.74, 6) is -0.166. The first-order valence-corrected chi connectivity index (χ1v) is 5.95. The van der Waals surface area contributed by atoms with Gasteiger partial charge in [-0.2, -0.15) is 0 Å². The lowest BCUT2D eigenvalue weighted by Crippen LogP contribution is -2.26. The minimum atomic E-state index is -0.166. The topological polar surface area (TPSA) is 77.2 Å². The van der Waals surface area contributed by atoms with Crippen LogP contribution in [-0.4, -0.2) is 31.2 Å². The first-order valence-electron chi connectivity index (χ1n) is 5.13. The van der Waals surface area contributed by atoms with Crippen molar-refractivity contribution in [2.45, 2.75) is 0 Å². The SMILES string of the molecule is COCCNC(=O)c1sc2cnccc2c1N. The van der Waals surface area contributed by atoms with Crippen LogP contribution in [0.4, 0.5) is 5.69 Å². The van der Waals surface area contributed by atoms with Gasteiger partial charge in [0.25, 0.3) is 5.91 Å². The Bertz CT molecular complexity index is 538. The Balaban J connectivity index is 2.23. The normalized spacial score (nSPS) is 10.6. The van der Waals surface area contributed by atoms with Gasteiger partial charge in [0.1, 0.15) is 4.88 Å². The van der Waals surface area contributed by atoms with E-state index in [1.165, 1.54) is 11.3 Å². The molecule has 0 atom stereocenters. The van der Waals surface area contributed by atoms with Crippen molar-refractivity contribution in [3.63, 3.8) is 0 Å². The summed E-state index contributed by atoms with van der Waals surface area (Å²) in [7, 11) is 1.59. The van der Waals surface area contributed by atoms with E-state index < -0.39 is 0 Å². The molecule has 0 saturated carbocycles. The van der Waals surface area contributed by atoms with Crippen LogP contribution >= 0.6 is 11.3 Å². The molecule has 2 rings (SSSR count). The molecule has 2 aromatic rings. The number of fused-ring (bicyclic) bond motifs is 1. The van der Waals surface area contributed by atoms with Crippen LogP contribution < -0.4 is 11.1 Å². The number of nitrogens with two attached hydrogens (primary N) is 1. The third kappa shape index (κ3) is 2.37. The highest BCUT2D eigenvalue weighted by Gasteiger charge is 2.15. The first-order chi connectivity index (χ1) is 8.24. The minimum absolute atomic E-state index is 0.166. The highest BCUT2D eigenvalue weighted by molar-refractivity contribution is 7.21. The number of aromatic nitrogens is 1. The van der Waals surface area contributed by atoms with Crippen molar-refractivity contribution < 1.29 is 9.53 Å². The summed E-state index contributed by atoms with van der Waals surface area (Å²) in [6.45, 7) is 0.958. The predicted octanol–water partition coefficient (Wildman–Crippen LogP) is 1.25. The number of hydrogen-bond donors (Lipinski definition) is 2. The molecule has 0 aliphatic carbocycles. The molecule has 90 valence electrons. The Labute approximate surface area is 103 Å². The standard InChI is InChI=1S/C11H13N3O2S/c1-16-5-4-14-11(15)10-9(12)7-2-3-13-6-8(7)17-10/h2-3,6H,4-5,12H2,1H3,(H,14,15). The van der Waals surface area contributed by atoms with Crippen molar-refractivity contribution in [1.82, 2.24) is 10.3 Å². The molecule has 17 heavy (non-hydrogen) atoms. The fraction of sp³-hybridized carbons (Fsp3) is 0.273. The Hall–Kier alpha value is -1.66. The van der Waals surface area contributed by atoms with Crippen molar-refractivity contribution in [2.24, 2.45) is 0 Å². The van der Waals surface area contributed by atoms with E-state index in [1.807, 2.05) is 6.07 Å². The fourth-order valence-electron chi connectivity index (χ4n) is 1.49. The van der Waals surface area contributed by atoms with Gasteiger partial charge in [0.05, 0.1) is 17.0 Å². The fourth-order valence-corrected chi connectivity index (χ4v) is 2.49. The molecule has 0 radical (unpaired) electrons. The van der Waals surface area contributed by atoms with Gasteiger partial charge in [0, 0.05) is 31.4 Å². The summed E-state index contributed by atoms with van der Waals surface area (Å²) >= 11 is 1.35. The summed E-state index contributed by atoms with van der Waals surface area (Å²) < 4.78 is 5.78. The molecule has 0 fully saturated rings. The molecule has 0 saturated heterocycles. The van der Waals surface area contributed by atoms with Crippen LogP contribution in [0, 0.1) is 0 Å². The van der Waals surface area contributed by atoms with E-state index in [4.69, 9.17) is 10.5 Å². The third-order valence-corrected chi connectivity index (χ3v) is 3.48. The third-order valence-electron chi connectivity index (χ3n) is 2.33. The number of ether oxygens (including phenoxy) is 1. The highest BCUT2D eigenvalue weighted by atomic mass is 32.1. The van der Waals surface area contributed by atoms with Crippen LogP contribution in [-0.2, 0) is 4.74 Å². The number of amides is 1. The summed E-state index contributed by atoms with van der Waals surface area (Å²) in [4.78, 5) is 16.4. The molecule has 0 aliphatic heterocycles. The molecule has 3 N–H and O–H groups in total. The van der Waals surface area contributed by atoms with Crippen molar-refractivity contribution in [1.29, 1.82) is 0 Å². The Kier molecular flexibility index (Phi) is 3.55. The minimum Gasteiger partial charge on any atom is -0.397 e. The number of thiophene rings is 1. The number of nitrogens with zero attached hydrogens (tertiary/aromatic N) is 1. The highest BCUT2D eigenvalue weighted by Crippen LogP contribution is 2.32. The van der Waals surface area contributed by atoms with Gasteiger partial charge < -0.3 is 15.8 Å². The lowest BCUT2D eigenvalue weighted by atomic mass is 10.2. The molecule has 0 unspecified atom stereocenters. The Morgan fingerprint density at radius 2 is 2.47 bits per heavy atom. The van der Waals surface area contributed by atoms with Crippen molar-refractivity contribution in [3.8, 4) is 0 Å². The lowest BCUT2D eigenvalue weighted by molar-refractivity contribution is 0.0942. The number of nitrogens with one attached hydrogen (secondary N) is 1. The van der Waals surface area contributed by atoms with Gasteiger partial charge in [-0.1, -0.05) is 0 Å². The summed E-state index contributed by atoms with van der Waals surface area (Å²) in [5.41, 5.74) is 6.45. The monoisotopic (exact) mass is 251 g/mol. The van der Waals surface area contributed by atoms with Gasteiger partial charge in [0.2, 0.25) is 0 Å². The zero-order valence-corrected chi connectivity index (χ0v) is 10.2. The van der Waals surface area contributed by atoms with Gasteiger partial charge in [-0.05, 0) is 6.07 Å². The van der Waals surface area contributed by atoms with E-state index in [0.29, 0.717) is 23.7 Å². The number of hydrogen-bond acceptors (Lipinski definition) is 5. The summed E-state index contributed by atoms with van der Waals surface area (Å²) in [6, 6.07) is 1.81. The summed E-state index contributed by atoms with van der Waals surface area (Å²) in [6.07, 6.45) is 3.38. The van der Waals surface area contributed by atoms with Crippen LogP contribution in [0.5, 0.6) is 0 Å². The number of carbonyl (C=O) groups is 1. The molecule has 1 amide bonds. The van der Waals surface area contributed by atoms with Gasteiger partial charge in [-0.3, -0.25) is 9.78 Å². The second-order valence-corrected chi connectivity index (χ2v) is 4.52. The number of anilines is 1. The zero-order valence-electron chi connectivity index (χ0n) is 9.40. The largest absolute Gasteiger partial charge is 0.397 e. The van der Waals surface area contributed by atoms with E-state index in [0.717, 1.165) is 10.1 Å². The average molecular weight is 251 g/mol. The van der Waals surface area contributed by atoms with Crippen LogP contribution in [0.2, 0.25) is 0 Å². The lowest BCUT2D eigenvalue weighted by Gasteiger charge is -2.02. The maximum atomic E-state index is 11.9. The van der Waals surface area contributed by atoms with Crippen molar-refractivity contribution in [2.75, 3.05) is 26.0 Å². The van der Waals surface area contributed by atoms with E-state index in [1.54, 1.807) is 19.5 Å². The molecule has 0 spiro atoms. The number of methoxy groups -OCH3 is 1. The molecule has 2 aromatic heterocycles. The molecule has 5 nitrogen and oxygen atoms in total. The first kappa shape index (κ1) is 11.8. The second kappa shape index (κ2) is 5.11. The van der Waals surface area contributed by atoms with E-state index in [9.17, 15) is 4.79 Å². The van der Waals surface area contributed by atoms with Crippen LogP contribution in [0.15, 0.2) is 18.5 Å². The van der Waals surface area contributed by atoms with Gasteiger partial charge in [0.15, 0.2) is 0 Å². The van der Waals surface area contributed by atoms with Gasteiger partial charge in [-0.15, -0.1) is 11.3 Å². The molecular weight excluding hydrogens is 238 g/mol. The number of rotatable bonds is 4. The van der Waals surface area contributed by atoms with Gasteiger partial charge in [-0.25, -0.2) is 0 Å². The molecule has 0 aliphatic rings. The Morgan fingerprint density at radius 1 is 1.65 bits per heavy atom. The van der Waals surface area contributed by atoms with E-state index in [2.05, 4.69) is 10.3 Å². The van der Waals surface area contributed by atoms with Crippen LogP contribution in [0.1, 0.15) is 9.67 Å². The number of carbonyl (C=O) groups excluding carboxylic acids is 1. The van der Waals surface area contributed by atoms with E-state index >= 15 is 0 Å². The van der Waals surface area contributed by atoms with Crippen LogP contribution in [0.25, 0.3) is 10.1 Å². The van der Waals surface area contributed by atoms with Gasteiger partial charge >= 0.3 is 0 Å². The molecule has 2 heterocycles. The smallest absolute Gasteiger partial charge is 0.263 e. The average Bonchev–Trinajstić information content (AvgIpc) is 2.68. The quantitative estimate of drug-likeness (QED) is 0.802. The van der Waals surface area contributed by atoms with Crippen molar-refractivity contribution >= 4 is 33.0 Å².